The van der Waals surface area contributed by atoms with Crippen LogP contribution in [-0.2, 0) is 9.47 Å². The van der Waals surface area contributed by atoms with E-state index < -0.39 is 5.60 Å². The minimum absolute atomic E-state index is 0.00279. The first-order valence-electron chi connectivity index (χ1n) is 8.31. The number of fused-ring (bicyclic) bond motifs is 2. The summed E-state index contributed by atoms with van der Waals surface area (Å²) < 4.78 is 11.2. The van der Waals surface area contributed by atoms with E-state index in [1.54, 1.807) is 0 Å². The first-order chi connectivity index (χ1) is 11.2. The summed E-state index contributed by atoms with van der Waals surface area (Å²) in [4.78, 5) is 14.4. The summed E-state index contributed by atoms with van der Waals surface area (Å²) in [5.74, 6) is 0. The lowest BCUT2D eigenvalue weighted by Crippen LogP contribution is -2.57. The summed E-state index contributed by atoms with van der Waals surface area (Å²) in [6.07, 6.45) is 2.61. The second kappa shape index (κ2) is 6.41. The second-order valence-electron chi connectivity index (χ2n) is 7.50. The van der Waals surface area contributed by atoms with Crippen molar-refractivity contribution < 1.29 is 14.3 Å². The summed E-state index contributed by atoms with van der Waals surface area (Å²) in [5.41, 5.74) is 3.08. The minimum Gasteiger partial charge on any atom is -0.444 e. The number of hydrogen-bond donors (Lipinski definition) is 0. The summed E-state index contributed by atoms with van der Waals surface area (Å²) in [5, 5.41) is 0.729. The summed E-state index contributed by atoms with van der Waals surface area (Å²) in [7, 11) is 0. The van der Waals surface area contributed by atoms with Gasteiger partial charge in [-0.05, 0) is 62.9 Å². The van der Waals surface area contributed by atoms with E-state index in [-0.39, 0.29) is 18.2 Å². The van der Waals surface area contributed by atoms with Crippen LogP contribution in [-0.4, -0.2) is 41.9 Å². The minimum atomic E-state index is -0.500. The summed E-state index contributed by atoms with van der Waals surface area (Å²) >= 11 is 6.17. The van der Waals surface area contributed by atoms with Crippen molar-refractivity contribution in [1.29, 1.82) is 0 Å². The number of amides is 1. The Balaban J connectivity index is 1.90. The van der Waals surface area contributed by atoms with Crippen molar-refractivity contribution in [3.8, 4) is 0 Å². The number of carbonyl (C=O) groups is 1. The molecule has 2 unspecified atom stereocenters. The van der Waals surface area contributed by atoms with E-state index in [4.69, 9.17) is 21.1 Å². The molecule has 2 aliphatic heterocycles. The quantitative estimate of drug-likeness (QED) is 0.752. The Morgan fingerprint density at radius 2 is 2.08 bits per heavy atom. The molecule has 1 aromatic rings. The highest BCUT2D eigenvalue weighted by atomic mass is 35.5. The summed E-state index contributed by atoms with van der Waals surface area (Å²) in [6.45, 7) is 8.78. The normalized spacial score (nSPS) is 23.7. The lowest BCUT2D eigenvalue weighted by atomic mass is 9.88. The molecule has 2 aliphatic rings. The highest BCUT2D eigenvalue weighted by molar-refractivity contribution is 6.30. The molecule has 1 saturated heterocycles. The molecule has 2 heterocycles. The van der Waals surface area contributed by atoms with Gasteiger partial charge in [-0.25, -0.2) is 4.79 Å². The van der Waals surface area contributed by atoms with Crippen molar-refractivity contribution in [2.45, 2.75) is 51.8 Å². The van der Waals surface area contributed by atoms with E-state index in [1.807, 2.05) is 43.9 Å². The second-order valence-corrected chi connectivity index (χ2v) is 7.94. The first kappa shape index (κ1) is 17.3. The van der Waals surface area contributed by atoms with Crippen molar-refractivity contribution in [2.75, 3.05) is 13.2 Å². The van der Waals surface area contributed by atoms with E-state index in [2.05, 4.69) is 13.0 Å². The number of ether oxygens (including phenoxy) is 2. The zero-order valence-electron chi connectivity index (χ0n) is 14.6. The zero-order chi connectivity index (χ0) is 17.5. The van der Waals surface area contributed by atoms with E-state index >= 15 is 0 Å². The van der Waals surface area contributed by atoms with Gasteiger partial charge >= 0.3 is 6.09 Å². The van der Waals surface area contributed by atoms with Gasteiger partial charge in [-0.1, -0.05) is 23.7 Å². The van der Waals surface area contributed by atoms with Crippen molar-refractivity contribution in [1.82, 2.24) is 4.90 Å². The van der Waals surface area contributed by atoms with Crippen LogP contribution in [0.3, 0.4) is 0 Å². The number of nitrogens with zero attached hydrogens (tertiary/aromatic N) is 1. The van der Waals surface area contributed by atoms with Gasteiger partial charge in [0.15, 0.2) is 0 Å². The van der Waals surface area contributed by atoms with Gasteiger partial charge in [0.25, 0.3) is 0 Å². The number of halogens is 1. The zero-order valence-corrected chi connectivity index (χ0v) is 15.4. The summed E-state index contributed by atoms with van der Waals surface area (Å²) in [6, 6.07) is 5.84. The molecular formula is C19H24ClNO3. The molecule has 4 nitrogen and oxygen atoms in total. The Labute approximate surface area is 148 Å². The van der Waals surface area contributed by atoms with Crippen LogP contribution in [0.25, 0.3) is 5.57 Å². The predicted molar refractivity (Wildman–Crippen MR) is 95.3 cm³/mol. The maximum absolute atomic E-state index is 12.6. The van der Waals surface area contributed by atoms with Crippen molar-refractivity contribution >= 4 is 23.3 Å². The number of hydrogen-bond acceptors (Lipinski definition) is 3. The Kier molecular flexibility index (Phi) is 4.63. The van der Waals surface area contributed by atoms with Gasteiger partial charge in [-0.3, -0.25) is 4.90 Å². The number of benzene rings is 1. The standard InChI is InChI=1S/C19H24ClNO3/c1-12-5-6-14(20)9-17(12)13-7-15-10-23-11-16(8-13)21(15)18(22)24-19(2,3)4/h5-7,9,15-16H,8,10-11H2,1-4H3. The fourth-order valence-electron chi connectivity index (χ4n) is 3.34. The van der Waals surface area contributed by atoms with Crippen molar-refractivity contribution in [3.05, 3.63) is 40.4 Å². The number of morpholine rings is 1. The van der Waals surface area contributed by atoms with Gasteiger partial charge in [0, 0.05) is 5.02 Å². The molecule has 2 bridgehead atoms. The van der Waals surface area contributed by atoms with E-state index in [0.717, 1.165) is 17.0 Å². The largest absolute Gasteiger partial charge is 0.444 e. The smallest absolute Gasteiger partial charge is 0.411 e. The number of rotatable bonds is 1. The van der Waals surface area contributed by atoms with Gasteiger partial charge < -0.3 is 9.47 Å². The molecule has 0 aliphatic carbocycles. The lowest BCUT2D eigenvalue weighted by Gasteiger charge is -2.44. The lowest BCUT2D eigenvalue weighted by molar-refractivity contribution is -0.0510. The Bertz CT molecular complexity index is 678. The molecule has 0 aromatic heterocycles. The molecule has 5 heteroatoms. The van der Waals surface area contributed by atoms with Crippen LogP contribution >= 0.6 is 11.6 Å². The van der Waals surface area contributed by atoms with Gasteiger partial charge in [-0.2, -0.15) is 0 Å². The average molecular weight is 350 g/mol. The molecule has 0 radical (unpaired) electrons. The molecule has 1 aromatic carbocycles. The highest BCUT2D eigenvalue weighted by Crippen LogP contribution is 2.35. The average Bonchev–Trinajstić information content (AvgIpc) is 2.46. The number of carbonyl (C=O) groups excluding carboxylic acids is 1. The van der Waals surface area contributed by atoms with Crippen LogP contribution < -0.4 is 0 Å². The van der Waals surface area contributed by atoms with E-state index in [9.17, 15) is 4.79 Å². The maximum atomic E-state index is 12.6. The molecule has 1 fully saturated rings. The molecule has 0 saturated carbocycles. The van der Waals surface area contributed by atoms with Crippen LogP contribution in [0.4, 0.5) is 4.79 Å². The molecule has 1 amide bonds. The third-order valence-electron chi connectivity index (χ3n) is 4.35. The molecular weight excluding hydrogens is 326 g/mol. The van der Waals surface area contributed by atoms with Gasteiger partial charge in [0.05, 0.1) is 25.3 Å². The molecule has 3 rings (SSSR count). The topological polar surface area (TPSA) is 38.8 Å². The van der Waals surface area contributed by atoms with Crippen LogP contribution in [0.1, 0.15) is 38.3 Å². The highest BCUT2D eigenvalue weighted by Gasteiger charge is 2.40. The monoisotopic (exact) mass is 349 g/mol. The van der Waals surface area contributed by atoms with Gasteiger partial charge in [-0.15, -0.1) is 0 Å². The molecule has 2 atom stereocenters. The Morgan fingerprint density at radius 3 is 2.75 bits per heavy atom. The van der Waals surface area contributed by atoms with Gasteiger partial charge in [0.1, 0.15) is 5.60 Å². The molecule has 0 N–H and O–H groups in total. The first-order valence-corrected chi connectivity index (χ1v) is 8.69. The van der Waals surface area contributed by atoms with Crippen molar-refractivity contribution in [3.63, 3.8) is 0 Å². The SMILES string of the molecule is Cc1ccc(Cl)cc1C1=CC2COCC(C1)N2C(=O)OC(C)(C)C. The van der Waals surface area contributed by atoms with Crippen LogP contribution in [0.2, 0.25) is 5.02 Å². The van der Waals surface area contributed by atoms with Crippen LogP contribution in [0.5, 0.6) is 0 Å². The van der Waals surface area contributed by atoms with Crippen LogP contribution in [0.15, 0.2) is 24.3 Å². The van der Waals surface area contributed by atoms with E-state index in [0.29, 0.717) is 13.2 Å². The predicted octanol–water partition coefficient (Wildman–Crippen LogP) is 4.44. The van der Waals surface area contributed by atoms with E-state index in [1.165, 1.54) is 11.1 Å². The fourth-order valence-corrected chi connectivity index (χ4v) is 3.51. The third-order valence-corrected chi connectivity index (χ3v) is 4.58. The molecule has 24 heavy (non-hydrogen) atoms. The number of aryl methyl sites for hydroxylation is 1. The Morgan fingerprint density at radius 1 is 1.33 bits per heavy atom. The fraction of sp³-hybridized carbons (Fsp3) is 0.526. The third kappa shape index (κ3) is 3.60. The maximum Gasteiger partial charge on any atom is 0.411 e. The Hall–Kier alpha value is -1.52. The van der Waals surface area contributed by atoms with Gasteiger partial charge in [0.2, 0.25) is 0 Å². The van der Waals surface area contributed by atoms with Crippen LogP contribution in [0, 0.1) is 6.92 Å². The molecule has 0 spiro atoms. The molecule has 130 valence electrons. The van der Waals surface area contributed by atoms with Crippen molar-refractivity contribution in [2.24, 2.45) is 0 Å².